The number of rotatable bonds is 6. The zero-order valence-corrected chi connectivity index (χ0v) is 14.2. The van der Waals surface area contributed by atoms with Gasteiger partial charge in [0.2, 0.25) is 5.52 Å². The van der Waals surface area contributed by atoms with Crippen molar-refractivity contribution >= 4 is 58.6 Å². The van der Waals surface area contributed by atoms with E-state index in [1.54, 1.807) is 18.0 Å². The molecular weight excluding hydrogens is 420 g/mol. The number of nitro groups is 1. The second-order valence-electron chi connectivity index (χ2n) is 4.10. The third-order valence-corrected chi connectivity index (χ3v) is 3.40. The van der Waals surface area contributed by atoms with Crippen LogP contribution in [0.15, 0.2) is 16.8 Å². The molecule has 10 nitrogen and oxygen atoms in total. The Morgan fingerprint density at radius 1 is 1.61 bits per heavy atom. The molecule has 0 saturated carbocycles. The van der Waals surface area contributed by atoms with E-state index in [9.17, 15) is 14.9 Å². The number of nitrogens with zero attached hydrogens (tertiary/aromatic N) is 4. The zero-order chi connectivity index (χ0) is 18.1. The van der Waals surface area contributed by atoms with Gasteiger partial charge >= 0.3 is 26.0 Å². The molecule has 2 aromatic rings. The first-order valence-corrected chi connectivity index (χ1v) is 7.65. The number of likely N-dealkylation sites (N-methyl/N-ethyl adjacent to an activating group) is 1. The summed E-state index contributed by atoms with van der Waals surface area (Å²) in [6.45, 7) is 0.629. The number of benzene rings is 1. The van der Waals surface area contributed by atoms with Crippen LogP contribution in [0, 0.1) is 15.4 Å². The molecule has 23 heavy (non-hydrogen) atoms. The number of esters is 1. The van der Waals surface area contributed by atoms with Crippen molar-refractivity contribution in [1.29, 1.82) is 5.31 Å². The van der Waals surface area contributed by atoms with Gasteiger partial charge in [-0.1, -0.05) is 22.6 Å². The number of nitrogens with one attached hydrogen (secondary N) is 1. The van der Waals surface area contributed by atoms with Gasteiger partial charge in [-0.15, -0.1) is 0 Å². The first kappa shape index (κ1) is 17.2. The number of non-ortho nitro benzene ring substituents is 1. The van der Waals surface area contributed by atoms with E-state index >= 15 is 0 Å². The number of halogens is 1. The first-order chi connectivity index (χ1) is 11.5. The Morgan fingerprint density at radius 2 is 2.26 bits per heavy atom. The Morgan fingerprint density at radius 3 is 2.87 bits per heavy atom. The molecule has 1 aromatic heterocycles. The van der Waals surface area contributed by atoms with Gasteiger partial charge in [-0.25, -0.2) is 4.63 Å². The molecule has 0 atom stereocenters. The molecule has 0 spiro atoms. The fourth-order valence-electron chi connectivity index (χ4n) is 1.75. The van der Waals surface area contributed by atoms with E-state index in [1.165, 1.54) is 6.07 Å². The van der Waals surface area contributed by atoms with E-state index in [-0.39, 0.29) is 28.2 Å². The summed E-state index contributed by atoms with van der Waals surface area (Å²) < 4.78 is 15.5. The number of hydrogen-bond donors (Lipinski definition) is 1. The quantitative estimate of drug-likeness (QED) is 0.181. The number of hydrogen-bond acceptors (Lipinski definition) is 9. The van der Waals surface area contributed by atoms with Crippen LogP contribution in [0.4, 0.5) is 11.4 Å². The molecule has 2 rings (SSSR count). The maximum atomic E-state index is 11.1. The van der Waals surface area contributed by atoms with Crippen molar-refractivity contribution in [3.05, 3.63) is 22.2 Å². The van der Waals surface area contributed by atoms with Crippen LogP contribution in [0.25, 0.3) is 11.0 Å². The molecule has 12 heteroatoms. The molecule has 121 valence electrons. The first-order valence-electron chi connectivity index (χ1n) is 6.57. The van der Waals surface area contributed by atoms with Gasteiger partial charge in [0.15, 0.2) is 5.52 Å². The minimum absolute atomic E-state index is 0.0913. The van der Waals surface area contributed by atoms with Crippen LogP contribution in [-0.2, 0) is 9.53 Å². The summed E-state index contributed by atoms with van der Waals surface area (Å²) in [4.78, 5) is 23.2. The average molecular weight is 433 g/mol. The number of aromatic nitrogens is 2. The molecular formula is C11H12BIN5O5. The van der Waals surface area contributed by atoms with Crippen LogP contribution in [0.1, 0.15) is 0 Å². The summed E-state index contributed by atoms with van der Waals surface area (Å²) in [5, 5.41) is 20.4. The Labute approximate surface area is 146 Å². The second kappa shape index (κ2) is 9.12. The van der Waals surface area contributed by atoms with Gasteiger partial charge in [-0.2, -0.15) is 0 Å². The van der Waals surface area contributed by atoms with Crippen molar-refractivity contribution in [1.82, 2.24) is 10.3 Å². The summed E-state index contributed by atoms with van der Waals surface area (Å²) >= 11 is 1.92. The topological polar surface area (TPSA) is 135 Å². The number of nitro benzene ring substituents is 1. The van der Waals surface area contributed by atoms with Gasteiger partial charge < -0.3 is 9.64 Å². The molecule has 1 radical (unpaired) electrons. The third kappa shape index (κ3) is 4.68. The van der Waals surface area contributed by atoms with Gasteiger partial charge in [-0.05, 0) is 16.4 Å². The van der Waals surface area contributed by atoms with Crippen LogP contribution in [-0.4, -0.2) is 53.5 Å². The van der Waals surface area contributed by atoms with E-state index in [1.807, 2.05) is 22.6 Å². The van der Waals surface area contributed by atoms with Gasteiger partial charge in [-0.3, -0.25) is 14.9 Å². The SMILES string of the molecule is CN(CCOC(=O)CI)c1ccc([N+](=O)[O-])c2nonc12.[2H]N=[B]. The Kier molecular flexibility index (Phi) is 6.84. The maximum absolute atomic E-state index is 11.1. The number of carbonyl (C=O) groups excluding carboxylic acids is 1. The summed E-state index contributed by atoms with van der Waals surface area (Å²) in [5.41, 5.74) is 0.836. The molecule has 0 saturated heterocycles. The molecule has 1 N–H and O–H groups in total. The number of ether oxygens (including phenoxy) is 1. The molecule has 0 aliphatic heterocycles. The Hall–Kier alpha value is -2.12. The monoisotopic (exact) mass is 433 g/mol. The summed E-state index contributed by atoms with van der Waals surface area (Å²) in [6.07, 6.45) is 0. The van der Waals surface area contributed by atoms with Crippen LogP contribution in [0.3, 0.4) is 0 Å². The van der Waals surface area contributed by atoms with Crippen molar-refractivity contribution in [3.63, 3.8) is 0 Å². The molecule has 0 amide bonds. The number of carbonyl (C=O) groups is 1. The minimum atomic E-state index is -0.543. The van der Waals surface area contributed by atoms with Crippen LogP contribution >= 0.6 is 22.6 Å². The predicted octanol–water partition coefficient (Wildman–Crippen LogP) is 1.46. The fourth-order valence-corrected chi connectivity index (χ4v) is 1.97. The number of fused-ring (bicyclic) bond motifs is 1. The molecule has 1 heterocycles. The van der Waals surface area contributed by atoms with E-state index < -0.39 is 4.92 Å². The average Bonchev–Trinajstić information content (AvgIpc) is 3.03. The van der Waals surface area contributed by atoms with E-state index in [4.69, 9.17) is 6.15 Å². The standard InChI is InChI=1S/C11H11IN4O5.BHN/c1-15(4-5-20-9(17)6-12)7-2-3-8(16(18)19)11-10(7)13-21-14-11;1-2/h2-3H,4-6H2,1H3;2H/i;2D. The van der Waals surface area contributed by atoms with Crippen LogP contribution in [0.5, 0.6) is 0 Å². The molecule has 0 fully saturated rings. The summed E-state index contributed by atoms with van der Waals surface area (Å²) in [5.74, 6) is -0.291. The Bertz CT molecular complexity index is 730. The molecule has 0 aliphatic rings. The summed E-state index contributed by atoms with van der Waals surface area (Å²) in [6, 6.07) is 2.90. The van der Waals surface area contributed by atoms with Gasteiger partial charge in [0.25, 0.3) is 0 Å². The van der Waals surface area contributed by atoms with Crippen molar-refractivity contribution in [3.8, 4) is 0 Å². The van der Waals surface area contributed by atoms with Crippen LogP contribution < -0.4 is 4.90 Å². The third-order valence-electron chi connectivity index (χ3n) is 2.78. The second-order valence-corrected chi connectivity index (χ2v) is 4.86. The van der Waals surface area contributed by atoms with E-state index in [0.717, 1.165) is 0 Å². The molecule has 0 aliphatic carbocycles. The zero-order valence-electron chi connectivity index (χ0n) is 13.0. The Balaban J connectivity index is 0.000000891. The van der Waals surface area contributed by atoms with E-state index in [2.05, 4.69) is 27.9 Å². The summed E-state index contributed by atoms with van der Waals surface area (Å²) in [7, 11) is 5.90. The van der Waals surface area contributed by atoms with Crippen LogP contribution in [0.2, 0.25) is 1.41 Å². The van der Waals surface area contributed by atoms with Gasteiger partial charge in [0.05, 0.1) is 21.6 Å². The van der Waals surface area contributed by atoms with Crippen molar-refractivity contribution in [2.45, 2.75) is 0 Å². The predicted molar refractivity (Wildman–Crippen MR) is 90.0 cm³/mol. The number of alkyl halides is 1. The van der Waals surface area contributed by atoms with Gasteiger partial charge in [0.1, 0.15) is 6.61 Å². The molecule has 0 bridgehead atoms. The van der Waals surface area contributed by atoms with E-state index in [0.29, 0.717) is 17.7 Å². The fraction of sp³-hybridized carbons (Fsp3) is 0.364. The molecule has 0 unspecified atom stereocenters. The van der Waals surface area contributed by atoms with Crippen molar-refractivity contribution < 1.29 is 20.5 Å². The normalized spacial score (nSPS) is 10.2. The van der Waals surface area contributed by atoms with Crippen molar-refractivity contribution in [2.24, 2.45) is 0 Å². The number of anilines is 1. The molecule has 1 aromatic carbocycles. The van der Waals surface area contributed by atoms with Crippen molar-refractivity contribution in [2.75, 3.05) is 29.5 Å². The van der Waals surface area contributed by atoms with Gasteiger partial charge in [0, 0.05) is 13.1 Å².